The molecule has 0 aliphatic carbocycles. The van der Waals surface area contributed by atoms with Crippen molar-refractivity contribution in [3.05, 3.63) is 113 Å². The number of cyclic esters (lactones) is 1. The fraction of sp³-hybridized carbons (Fsp3) is 0.103. The van der Waals surface area contributed by atoms with E-state index in [0.717, 1.165) is 27.5 Å². The average molecular weight is 450 g/mol. The van der Waals surface area contributed by atoms with E-state index in [0.29, 0.717) is 23.7 Å². The highest BCUT2D eigenvalue weighted by atomic mass is 16.6. The molecule has 5 nitrogen and oxygen atoms in total. The monoisotopic (exact) mass is 449 g/mol. The number of aliphatic imine (C=N–C) groups is 1. The van der Waals surface area contributed by atoms with Crippen LogP contribution in [0.2, 0.25) is 0 Å². The van der Waals surface area contributed by atoms with Crippen LogP contribution in [0, 0.1) is 6.92 Å². The largest absolute Gasteiger partial charge is 0.493 e. The summed E-state index contributed by atoms with van der Waals surface area (Å²) in [4.78, 5) is 17.0. The molecule has 0 saturated heterocycles. The maximum absolute atomic E-state index is 12.5. The van der Waals surface area contributed by atoms with Crippen molar-refractivity contribution in [3.8, 4) is 11.5 Å². The summed E-state index contributed by atoms with van der Waals surface area (Å²) in [6.45, 7) is 2.35. The van der Waals surface area contributed by atoms with Crippen molar-refractivity contribution < 1.29 is 19.0 Å². The number of esters is 1. The Morgan fingerprint density at radius 1 is 0.912 bits per heavy atom. The molecule has 1 heterocycles. The lowest BCUT2D eigenvalue weighted by molar-refractivity contribution is -0.129. The van der Waals surface area contributed by atoms with Crippen LogP contribution in [-0.2, 0) is 16.1 Å². The number of hydrogen-bond donors (Lipinski definition) is 0. The van der Waals surface area contributed by atoms with E-state index >= 15 is 0 Å². The Bertz CT molecular complexity index is 1430. The van der Waals surface area contributed by atoms with Crippen molar-refractivity contribution in [2.45, 2.75) is 13.5 Å². The van der Waals surface area contributed by atoms with Gasteiger partial charge in [0.2, 0.25) is 5.90 Å². The number of benzene rings is 4. The summed E-state index contributed by atoms with van der Waals surface area (Å²) in [6.07, 6.45) is 1.67. The minimum Gasteiger partial charge on any atom is -0.493 e. The second kappa shape index (κ2) is 9.24. The lowest BCUT2D eigenvalue weighted by Gasteiger charge is -2.14. The van der Waals surface area contributed by atoms with Crippen molar-refractivity contribution in [1.29, 1.82) is 0 Å². The number of carbonyl (C=O) groups excluding carboxylic acids is 1. The number of fused-ring (bicyclic) bond motifs is 1. The first-order valence-electron chi connectivity index (χ1n) is 11.0. The first-order chi connectivity index (χ1) is 16.6. The van der Waals surface area contributed by atoms with Gasteiger partial charge in [-0.3, -0.25) is 0 Å². The van der Waals surface area contributed by atoms with Crippen molar-refractivity contribution in [2.75, 3.05) is 7.11 Å². The Labute approximate surface area is 197 Å². The van der Waals surface area contributed by atoms with Crippen molar-refractivity contribution in [3.63, 3.8) is 0 Å². The SMILES string of the molecule is COc1cccc(C=C2N=C(c3ccc(C)cc3)OC2=O)c1OCc1cccc2ccccc12. The summed E-state index contributed by atoms with van der Waals surface area (Å²) in [5.41, 5.74) is 3.82. The maximum Gasteiger partial charge on any atom is 0.363 e. The van der Waals surface area contributed by atoms with Gasteiger partial charge in [0.15, 0.2) is 17.2 Å². The Hall–Kier alpha value is -4.38. The fourth-order valence-corrected chi connectivity index (χ4v) is 3.91. The van der Waals surface area contributed by atoms with Crippen molar-refractivity contribution >= 4 is 28.7 Å². The second-order valence-corrected chi connectivity index (χ2v) is 8.01. The van der Waals surface area contributed by atoms with Crippen molar-refractivity contribution in [1.82, 2.24) is 0 Å². The quantitative estimate of drug-likeness (QED) is 0.264. The smallest absolute Gasteiger partial charge is 0.363 e. The predicted octanol–water partition coefficient (Wildman–Crippen LogP) is 6.08. The van der Waals surface area contributed by atoms with E-state index in [9.17, 15) is 4.79 Å². The number of para-hydroxylation sites is 1. The standard InChI is InChI=1S/C29H23NO4/c1-19-13-15-21(16-14-19)28-30-25(29(31)34-28)17-22-9-6-12-26(32-2)27(22)33-18-23-10-5-8-20-7-3-4-11-24(20)23/h3-17H,18H2,1-2H3. The maximum atomic E-state index is 12.5. The van der Waals surface area contributed by atoms with Gasteiger partial charge in [0.05, 0.1) is 7.11 Å². The molecule has 0 amide bonds. The third-order valence-electron chi connectivity index (χ3n) is 5.69. The van der Waals surface area contributed by atoms with E-state index in [1.807, 2.05) is 73.7 Å². The molecule has 5 heteroatoms. The molecule has 0 fully saturated rings. The molecular weight excluding hydrogens is 426 g/mol. The lowest BCUT2D eigenvalue weighted by Crippen LogP contribution is -2.05. The molecule has 4 aromatic carbocycles. The van der Waals surface area contributed by atoms with E-state index in [1.54, 1.807) is 13.2 Å². The van der Waals surface area contributed by atoms with Crippen LogP contribution in [0.4, 0.5) is 0 Å². The summed E-state index contributed by atoms with van der Waals surface area (Å²) in [7, 11) is 1.59. The van der Waals surface area contributed by atoms with E-state index in [2.05, 4.69) is 23.2 Å². The van der Waals surface area contributed by atoms with E-state index in [4.69, 9.17) is 14.2 Å². The summed E-state index contributed by atoms with van der Waals surface area (Å²) >= 11 is 0. The van der Waals surface area contributed by atoms with Gasteiger partial charge >= 0.3 is 5.97 Å². The molecule has 5 rings (SSSR count). The number of nitrogens with zero attached hydrogens (tertiary/aromatic N) is 1. The minimum absolute atomic E-state index is 0.207. The molecule has 1 aliphatic heterocycles. The van der Waals surface area contributed by atoms with Crippen LogP contribution in [0.5, 0.6) is 11.5 Å². The van der Waals surface area contributed by atoms with Gasteiger partial charge in [0, 0.05) is 11.1 Å². The highest BCUT2D eigenvalue weighted by Gasteiger charge is 2.25. The molecule has 0 spiro atoms. The molecule has 0 unspecified atom stereocenters. The van der Waals surface area contributed by atoms with Crippen molar-refractivity contribution in [2.24, 2.45) is 4.99 Å². The van der Waals surface area contributed by atoms with E-state index < -0.39 is 5.97 Å². The molecule has 0 aromatic heterocycles. The third kappa shape index (κ3) is 4.28. The van der Waals surface area contributed by atoms with Crippen LogP contribution >= 0.6 is 0 Å². The predicted molar refractivity (Wildman–Crippen MR) is 133 cm³/mol. The van der Waals surface area contributed by atoms with Gasteiger partial charge in [-0.2, -0.15) is 0 Å². The van der Waals surface area contributed by atoms with E-state index in [1.165, 1.54) is 0 Å². The third-order valence-corrected chi connectivity index (χ3v) is 5.69. The van der Waals surface area contributed by atoms with Gasteiger partial charge in [-0.15, -0.1) is 0 Å². The molecule has 0 radical (unpaired) electrons. The zero-order valence-corrected chi connectivity index (χ0v) is 18.9. The van der Waals surface area contributed by atoms with Crippen LogP contribution in [-0.4, -0.2) is 19.0 Å². The Balaban J connectivity index is 1.47. The Morgan fingerprint density at radius 3 is 2.50 bits per heavy atom. The lowest BCUT2D eigenvalue weighted by atomic mass is 10.1. The normalized spacial score (nSPS) is 14.2. The Kier molecular flexibility index (Phi) is 5.83. The number of hydrogen-bond acceptors (Lipinski definition) is 5. The summed E-state index contributed by atoms with van der Waals surface area (Å²) in [5.74, 6) is 0.900. The van der Waals surface area contributed by atoms with Crippen LogP contribution < -0.4 is 9.47 Å². The van der Waals surface area contributed by atoms with Gasteiger partial charge in [0.25, 0.3) is 0 Å². The molecule has 1 aliphatic rings. The first kappa shape index (κ1) is 21.5. The van der Waals surface area contributed by atoms with Gasteiger partial charge in [-0.25, -0.2) is 9.79 Å². The molecule has 4 aromatic rings. The molecule has 34 heavy (non-hydrogen) atoms. The fourth-order valence-electron chi connectivity index (χ4n) is 3.91. The van der Waals surface area contributed by atoms with Crippen LogP contribution in [0.1, 0.15) is 22.3 Å². The zero-order valence-electron chi connectivity index (χ0n) is 18.9. The number of methoxy groups -OCH3 is 1. The molecule has 0 N–H and O–H groups in total. The average Bonchev–Trinajstić information content (AvgIpc) is 3.23. The summed E-state index contributed by atoms with van der Waals surface area (Å²) < 4.78 is 17.2. The van der Waals surface area contributed by atoms with Gasteiger partial charge in [-0.05, 0) is 47.5 Å². The topological polar surface area (TPSA) is 57.1 Å². The Morgan fingerprint density at radius 2 is 1.68 bits per heavy atom. The minimum atomic E-state index is -0.501. The van der Waals surface area contributed by atoms with Crippen LogP contribution in [0.25, 0.3) is 16.8 Å². The highest BCUT2D eigenvalue weighted by Crippen LogP contribution is 2.34. The first-order valence-corrected chi connectivity index (χ1v) is 11.0. The van der Waals surface area contributed by atoms with Gasteiger partial charge in [-0.1, -0.05) is 72.3 Å². The highest BCUT2D eigenvalue weighted by molar-refractivity contribution is 6.13. The van der Waals surface area contributed by atoms with Gasteiger partial charge < -0.3 is 14.2 Å². The zero-order chi connectivity index (χ0) is 23.5. The number of carbonyl (C=O) groups is 1. The summed E-state index contributed by atoms with van der Waals surface area (Å²) in [6, 6.07) is 27.5. The van der Waals surface area contributed by atoms with E-state index in [-0.39, 0.29) is 11.6 Å². The second-order valence-electron chi connectivity index (χ2n) is 8.01. The molecular formula is C29H23NO4. The molecule has 0 saturated carbocycles. The number of aryl methyl sites for hydroxylation is 1. The number of ether oxygens (including phenoxy) is 3. The molecule has 0 bridgehead atoms. The molecule has 168 valence electrons. The van der Waals surface area contributed by atoms with Crippen LogP contribution in [0.15, 0.2) is 95.6 Å². The summed E-state index contributed by atoms with van der Waals surface area (Å²) in [5, 5.41) is 2.28. The molecule has 0 atom stereocenters. The van der Waals surface area contributed by atoms with Gasteiger partial charge in [0.1, 0.15) is 6.61 Å². The number of rotatable bonds is 6. The van der Waals surface area contributed by atoms with Crippen LogP contribution in [0.3, 0.4) is 0 Å².